The molecule has 0 atom stereocenters. The number of carbonyl (C=O) groups excluding carboxylic acids is 2. The van der Waals surface area contributed by atoms with Crippen molar-refractivity contribution in [3.05, 3.63) is 97.6 Å². The molecule has 0 saturated heterocycles. The number of rotatable bonds is 6. The van der Waals surface area contributed by atoms with Crippen LogP contribution in [0.5, 0.6) is 11.5 Å². The Hall–Kier alpha value is -3.17. The van der Waals surface area contributed by atoms with Crippen LogP contribution < -0.4 is 9.47 Å². The first kappa shape index (κ1) is 24.0. The molecule has 3 aromatic carbocycles. The van der Waals surface area contributed by atoms with E-state index in [0.29, 0.717) is 40.0 Å². The fourth-order valence-electron chi connectivity index (χ4n) is 3.39. The molecular weight excluding hydrogens is 567 g/mol. The van der Waals surface area contributed by atoms with Crippen molar-refractivity contribution < 1.29 is 19.1 Å². The Morgan fingerprint density at radius 1 is 1.12 bits per heavy atom. The smallest absolute Gasteiger partial charge is 0.283 e. The van der Waals surface area contributed by atoms with Crippen molar-refractivity contribution in [1.82, 2.24) is 5.01 Å². The molecule has 4 rings (SSSR count). The Balaban J connectivity index is 1.57. The van der Waals surface area contributed by atoms with E-state index in [1.165, 1.54) is 0 Å². The second kappa shape index (κ2) is 10.4. The number of carbonyl (C=O) groups is 2. The molecule has 0 radical (unpaired) electrons. The molecule has 172 valence electrons. The van der Waals surface area contributed by atoms with Gasteiger partial charge in [0.15, 0.2) is 11.5 Å². The van der Waals surface area contributed by atoms with Gasteiger partial charge < -0.3 is 9.47 Å². The summed E-state index contributed by atoms with van der Waals surface area (Å²) in [5.41, 5.74) is 2.90. The van der Waals surface area contributed by atoms with E-state index in [-0.39, 0.29) is 0 Å². The molecule has 3 aromatic rings. The van der Waals surface area contributed by atoms with Crippen LogP contribution in [0.1, 0.15) is 28.4 Å². The van der Waals surface area contributed by atoms with Crippen molar-refractivity contribution in [3.63, 3.8) is 0 Å². The Morgan fingerprint density at radius 3 is 2.50 bits per heavy atom. The van der Waals surface area contributed by atoms with Crippen LogP contribution in [0.2, 0.25) is 5.02 Å². The molecule has 0 saturated carbocycles. The van der Waals surface area contributed by atoms with Gasteiger partial charge in [0.05, 0.1) is 22.0 Å². The number of nitrogens with zero attached hydrogens (tertiary/aromatic N) is 2. The van der Waals surface area contributed by atoms with Gasteiger partial charge >= 0.3 is 0 Å². The lowest BCUT2D eigenvalue weighted by Gasteiger charge is -2.14. The number of benzene rings is 3. The molecule has 0 N–H and O–H groups in total. The number of ether oxygens (including phenoxy) is 2. The summed E-state index contributed by atoms with van der Waals surface area (Å²) in [6, 6.07) is 19.7. The first-order valence-electron chi connectivity index (χ1n) is 10.3. The minimum Gasteiger partial charge on any atom is -0.493 e. The summed E-state index contributed by atoms with van der Waals surface area (Å²) < 4.78 is 12.4. The maximum Gasteiger partial charge on any atom is 0.283 e. The third-order valence-corrected chi connectivity index (χ3v) is 6.19. The van der Waals surface area contributed by atoms with E-state index >= 15 is 0 Å². The predicted molar refractivity (Wildman–Crippen MR) is 140 cm³/mol. The maximum atomic E-state index is 13.0. The topological polar surface area (TPSA) is 68.2 Å². The molecule has 0 unspecified atom stereocenters. The van der Waals surface area contributed by atoms with Crippen LogP contribution in [-0.2, 0) is 11.4 Å². The van der Waals surface area contributed by atoms with Gasteiger partial charge in [-0.25, -0.2) is 0 Å². The van der Waals surface area contributed by atoms with Gasteiger partial charge in [-0.05, 0) is 83.1 Å². The molecule has 0 aliphatic carbocycles. The minimum absolute atomic E-state index is 0.344. The van der Waals surface area contributed by atoms with E-state index in [9.17, 15) is 9.59 Å². The summed E-state index contributed by atoms with van der Waals surface area (Å²) in [4.78, 5) is 25.7. The Kier molecular flexibility index (Phi) is 7.33. The highest BCUT2D eigenvalue weighted by Crippen LogP contribution is 2.35. The van der Waals surface area contributed by atoms with Gasteiger partial charge in [0.1, 0.15) is 6.61 Å². The van der Waals surface area contributed by atoms with Crippen molar-refractivity contribution in [1.29, 1.82) is 0 Å². The van der Waals surface area contributed by atoms with E-state index in [4.69, 9.17) is 21.1 Å². The molecule has 1 aliphatic heterocycles. The molecule has 1 heterocycles. The van der Waals surface area contributed by atoms with Crippen molar-refractivity contribution in [2.45, 2.75) is 13.5 Å². The molecule has 0 fully saturated rings. The molecule has 0 bridgehead atoms. The summed E-state index contributed by atoms with van der Waals surface area (Å²) in [6.07, 6.45) is 1.70. The molecule has 8 heteroatoms. The molecule has 2 amide bonds. The number of hydrazone groups is 1. The van der Waals surface area contributed by atoms with E-state index in [1.54, 1.807) is 56.5 Å². The van der Waals surface area contributed by atoms with Crippen LogP contribution in [0.25, 0.3) is 6.08 Å². The lowest BCUT2D eigenvalue weighted by Crippen LogP contribution is -2.29. The average Bonchev–Trinajstić information content (AvgIpc) is 3.12. The van der Waals surface area contributed by atoms with E-state index < -0.39 is 11.8 Å². The Bertz CT molecular complexity index is 1300. The number of hydrogen-bond acceptors (Lipinski definition) is 5. The van der Waals surface area contributed by atoms with Gasteiger partial charge in [-0.3, -0.25) is 9.59 Å². The summed E-state index contributed by atoms with van der Waals surface area (Å²) in [6.45, 7) is 2.05. The Morgan fingerprint density at radius 2 is 1.82 bits per heavy atom. The maximum absolute atomic E-state index is 13.0. The summed E-state index contributed by atoms with van der Waals surface area (Å²) in [5.74, 6) is 0.198. The Labute approximate surface area is 216 Å². The zero-order chi connectivity index (χ0) is 24.2. The van der Waals surface area contributed by atoms with Crippen LogP contribution in [-0.4, -0.2) is 29.6 Å². The quantitative estimate of drug-likeness (QED) is 0.203. The first-order chi connectivity index (χ1) is 16.4. The summed E-state index contributed by atoms with van der Waals surface area (Å²) in [7, 11) is 1.56. The molecule has 0 aromatic heterocycles. The van der Waals surface area contributed by atoms with Crippen molar-refractivity contribution in [2.24, 2.45) is 5.10 Å². The van der Waals surface area contributed by atoms with Crippen LogP contribution in [0, 0.1) is 3.57 Å². The van der Waals surface area contributed by atoms with Crippen molar-refractivity contribution in [2.75, 3.05) is 7.11 Å². The summed E-state index contributed by atoms with van der Waals surface area (Å²) >= 11 is 8.11. The van der Waals surface area contributed by atoms with Crippen molar-refractivity contribution in [3.8, 4) is 11.5 Å². The zero-order valence-electron chi connectivity index (χ0n) is 18.4. The van der Waals surface area contributed by atoms with Gasteiger partial charge in [0.2, 0.25) is 0 Å². The second-order valence-electron chi connectivity index (χ2n) is 7.48. The largest absolute Gasteiger partial charge is 0.493 e. The van der Waals surface area contributed by atoms with Gasteiger partial charge in [0, 0.05) is 10.6 Å². The number of amides is 2. The first-order valence-corrected chi connectivity index (χ1v) is 11.8. The predicted octanol–water partition coefficient (Wildman–Crippen LogP) is 5.97. The van der Waals surface area contributed by atoms with E-state index in [0.717, 1.165) is 19.7 Å². The summed E-state index contributed by atoms with van der Waals surface area (Å²) in [5, 5.41) is 5.76. The fraction of sp³-hybridized carbons (Fsp3) is 0.115. The number of halogens is 2. The third kappa shape index (κ3) is 5.15. The SMILES string of the molecule is COc1cc(/C=C2/C(=O)N(C(=O)c3ccccc3)N=C2C)cc(I)c1OCc1ccc(Cl)cc1. The van der Waals surface area contributed by atoms with Crippen molar-refractivity contribution >= 4 is 57.8 Å². The monoisotopic (exact) mass is 586 g/mol. The number of methoxy groups -OCH3 is 1. The minimum atomic E-state index is -0.469. The van der Waals surface area contributed by atoms with Crippen LogP contribution in [0.15, 0.2) is 77.4 Å². The van der Waals surface area contributed by atoms with Gasteiger partial charge in [0.25, 0.3) is 11.8 Å². The van der Waals surface area contributed by atoms with Crippen LogP contribution in [0.4, 0.5) is 0 Å². The molecule has 6 nitrogen and oxygen atoms in total. The second-order valence-corrected chi connectivity index (χ2v) is 9.08. The van der Waals surface area contributed by atoms with E-state index in [2.05, 4.69) is 27.7 Å². The lowest BCUT2D eigenvalue weighted by molar-refractivity contribution is -0.123. The third-order valence-electron chi connectivity index (χ3n) is 5.13. The average molecular weight is 587 g/mol. The van der Waals surface area contributed by atoms with E-state index in [1.807, 2.05) is 30.3 Å². The normalized spacial score (nSPS) is 14.4. The highest BCUT2D eigenvalue weighted by atomic mass is 127. The molecule has 1 aliphatic rings. The zero-order valence-corrected chi connectivity index (χ0v) is 21.3. The molecule has 34 heavy (non-hydrogen) atoms. The van der Waals surface area contributed by atoms with Crippen LogP contribution >= 0.6 is 34.2 Å². The molecular formula is C26H20ClIN2O4. The number of imide groups is 1. The standard InChI is InChI=1S/C26H20ClIN2O4/c1-16-21(26(32)30(29-16)25(31)19-6-4-3-5-7-19)12-18-13-22(28)24(23(14-18)33-2)34-15-17-8-10-20(27)11-9-17/h3-14H,15H2,1-2H3/b21-12+. The van der Waals surface area contributed by atoms with Gasteiger partial charge in [-0.15, -0.1) is 0 Å². The highest BCUT2D eigenvalue weighted by molar-refractivity contribution is 14.1. The fourth-order valence-corrected chi connectivity index (χ4v) is 4.30. The molecule has 0 spiro atoms. The highest BCUT2D eigenvalue weighted by Gasteiger charge is 2.33. The van der Waals surface area contributed by atoms with Crippen LogP contribution in [0.3, 0.4) is 0 Å². The van der Waals surface area contributed by atoms with Gasteiger partial charge in [-0.2, -0.15) is 10.1 Å². The lowest BCUT2D eigenvalue weighted by atomic mass is 10.1. The number of hydrogen-bond donors (Lipinski definition) is 0. The van der Waals surface area contributed by atoms with Gasteiger partial charge in [-0.1, -0.05) is 41.9 Å².